The average Bonchev–Trinajstić information content (AvgIpc) is 3.13. The predicted molar refractivity (Wildman–Crippen MR) is 113 cm³/mol. The van der Waals surface area contributed by atoms with E-state index in [0.717, 1.165) is 17.5 Å². The summed E-state index contributed by atoms with van der Waals surface area (Å²) in [7, 11) is -3.67. The molecule has 0 saturated carbocycles. The molecule has 6 nitrogen and oxygen atoms in total. The molecule has 2 aromatic rings. The number of aryl methyl sites for hydroxylation is 2. The van der Waals surface area contributed by atoms with E-state index < -0.39 is 10.0 Å². The van der Waals surface area contributed by atoms with Crippen LogP contribution in [0.25, 0.3) is 0 Å². The molecule has 3 N–H and O–H groups in total. The fourth-order valence-corrected chi connectivity index (χ4v) is 4.31. The first kappa shape index (κ1) is 22.2. The quantitative estimate of drug-likeness (QED) is 0.773. The number of benzene rings is 2. The standard InChI is InChI=1S/C20H25N3O3S.ClH/c1-14-3-8-19(11-15(14)2)27(25,26)22-18-6-4-17(5-7-18)20(24)23-10-9-16(12-21)13-23;/h3-8,11,16,22H,9-10,12-13,21H2,1-2H3;1H. The van der Waals surface area contributed by atoms with Crippen molar-refractivity contribution in [2.24, 2.45) is 11.7 Å². The highest BCUT2D eigenvalue weighted by atomic mass is 35.5. The van der Waals surface area contributed by atoms with Gasteiger partial charge in [-0.05, 0) is 80.3 Å². The molecule has 0 bridgehead atoms. The van der Waals surface area contributed by atoms with Gasteiger partial charge >= 0.3 is 0 Å². The van der Waals surface area contributed by atoms with Crippen LogP contribution in [0.1, 0.15) is 27.9 Å². The fraction of sp³-hybridized carbons (Fsp3) is 0.350. The molecular formula is C20H26ClN3O3S. The first-order valence-electron chi connectivity index (χ1n) is 8.99. The molecule has 1 unspecified atom stereocenters. The average molecular weight is 424 g/mol. The van der Waals surface area contributed by atoms with Crippen molar-refractivity contribution >= 4 is 34.0 Å². The van der Waals surface area contributed by atoms with E-state index in [-0.39, 0.29) is 23.2 Å². The normalized spacial score (nSPS) is 16.5. The van der Waals surface area contributed by atoms with Crippen LogP contribution in [0.15, 0.2) is 47.4 Å². The predicted octanol–water partition coefficient (Wildman–Crippen LogP) is 2.95. The molecule has 3 rings (SSSR count). The van der Waals surface area contributed by atoms with Gasteiger partial charge in [-0.15, -0.1) is 12.4 Å². The molecule has 8 heteroatoms. The van der Waals surface area contributed by atoms with Gasteiger partial charge in [-0.3, -0.25) is 9.52 Å². The van der Waals surface area contributed by atoms with Crippen molar-refractivity contribution in [3.63, 3.8) is 0 Å². The molecule has 1 aliphatic rings. The van der Waals surface area contributed by atoms with Crippen molar-refractivity contribution < 1.29 is 13.2 Å². The summed E-state index contributed by atoms with van der Waals surface area (Å²) in [6.07, 6.45) is 0.927. The lowest BCUT2D eigenvalue weighted by atomic mass is 10.1. The Morgan fingerprint density at radius 2 is 1.82 bits per heavy atom. The molecule has 0 spiro atoms. The zero-order valence-corrected chi connectivity index (χ0v) is 17.6. The van der Waals surface area contributed by atoms with Crippen LogP contribution in [0.2, 0.25) is 0 Å². The summed E-state index contributed by atoms with van der Waals surface area (Å²) in [6, 6.07) is 11.5. The number of nitrogens with two attached hydrogens (primary N) is 1. The zero-order chi connectivity index (χ0) is 19.6. The van der Waals surface area contributed by atoms with Crippen LogP contribution in [-0.4, -0.2) is 38.9 Å². The number of hydrogen-bond acceptors (Lipinski definition) is 4. The fourth-order valence-electron chi connectivity index (χ4n) is 3.17. The lowest BCUT2D eigenvalue weighted by molar-refractivity contribution is 0.0787. The van der Waals surface area contributed by atoms with Crippen LogP contribution < -0.4 is 10.5 Å². The Morgan fingerprint density at radius 3 is 2.39 bits per heavy atom. The number of halogens is 1. The van der Waals surface area contributed by atoms with Crippen LogP contribution >= 0.6 is 12.4 Å². The van der Waals surface area contributed by atoms with Crippen molar-refractivity contribution in [1.82, 2.24) is 4.90 Å². The topological polar surface area (TPSA) is 92.5 Å². The summed E-state index contributed by atoms with van der Waals surface area (Å²) < 4.78 is 27.7. The summed E-state index contributed by atoms with van der Waals surface area (Å²) in [4.78, 5) is 14.6. The van der Waals surface area contributed by atoms with E-state index in [9.17, 15) is 13.2 Å². The molecule has 28 heavy (non-hydrogen) atoms. The van der Waals surface area contributed by atoms with Gasteiger partial charge in [-0.1, -0.05) is 6.07 Å². The number of nitrogens with zero attached hydrogens (tertiary/aromatic N) is 1. The number of sulfonamides is 1. The Bertz CT molecular complexity index is 946. The highest BCUT2D eigenvalue weighted by molar-refractivity contribution is 7.92. The van der Waals surface area contributed by atoms with Crippen LogP contribution in [0.5, 0.6) is 0 Å². The lowest BCUT2D eigenvalue weighted by Crippen LogP contribution is -2.29. The van der Waals surface area contributed by atoms with Gasteiger partial charge in [0.15, 0.2) is 0 Å². The third-order valence-electron chi connectivity index (χ3n) is 5.08. The molecule has 1 atom stereocenters. The molecule has 1 saturated heterocycles. The van der Waals surface area contributed by atoms with Gasteiger partial charge < -0.3 is 10.6 Å². The number of carbonyl (C=O) groups is 1. The summed E-state index contributed by atoms with van der Waals surface area (Å²) in [6.45, 7) is 5.79. The van der Waals surface area contributed by atoms with Crippen LogP contribution in [-0.2, 0) is 10.0 Å². The van der Waals surface area contributed by atoms with Gasteiger partial charge in [0.05, 0.1) is 4.90 Å². The van der Waals surface area contributed by atoms with Gasteiger partial charge in [0.1, 0.15) is 0 Å². The molecule has 1 amide bonds. The smallest absolute Gasteiger partial charge is 0.261 e. The number of likely N-dealkylation sites (tertiary alicyclic amines) is 1. The Morgan fingerprint density at radius 1 is 1.14 bits per heavy atom. The van der Waals surface area contributed by atoms with Crippen molar-refractivity contribution in [3.05, 3.63) is 59.2 Å². The summed E-state index contributed by atoms with van der Waals surface area (Å²) in [5.74, 6) is 0.313. The number of anilines is 1. The van der Waals surface area contributed by atoms with E-state index in [1.807, 2.05) is 13.8 Å². The number of carbonyl (C=O) groups excluding carboxylic acids is 1. The number of amides is 1. The lowest BCUT2D eigenvalue weighted by Gasteiger charge is -2.16. The van der Waals surface area contributed by atoms with Gasteiger partial charge in [-0.25, -0.2) is 8.42 Å². The third-order valence-corrected chi connectivity index (χ3v) is 6.46. The largest absolute Gasteiger partial charge is 0.338 e. The van der Waals surface area contributed by atoms with Crippen molar-refractivity contribution in [2.75, 3.05) is 24.4 Å². The minimum atomic E-state index is -3.67. The summed E-state index contributed by atoms with van der Waals surface area (Å²) in [5.41, 5.74) is 8.60. The Balaban J connectivity index is 0.00000280. The zero-order valence-electron chi connectivity index (χ0n) is 16.0. The molecule has 1 aliphatic heterocycles. The minimum Gasteiger partial charge on any atom is -0.338 e. The molecule has 1 heterocycles. The van der Waals surface area contributed by atoms with E-state index in [0.29, 0.717) is 36.8 Å². The molecule has 0 aliphatic carbocycles. The van der Waals surface area contributed by atoms with E-state index in [1.54, 1.807) is 47.4 Å². The van der Waals surface area contributed by atoms with Crippen molar-refractivity contribution in [1.29, 1.82) is 0 Å². The number of rotatable bonds is 5. The SMILES string of the molecule is Cc1ccc(S(=O)(=O)Nc2ccc(C(=O)N3CCC(CN)C3)cc2)cc1C.Cl. The summed E-state index contributed by atoms with van der Waals surface area (Å²) >= 11 is 0. The molecule has 2 aromatic carbocycles. The number of nitrogens with one attached hydrogen (secondary N) is 1. The third kappa shape index (κ3) is 4.84. The van der Waals surface area contributed by atoms with Gasteiger partial charge in [0, 0.05) is 24.3 Å². The van der Waals surface area contributed by atoms with E-state index in [2.05, 4.69) is 4.72 Å². The maximum atomic E-state index is 12.6. The number of hydrogen-bond donors (Lipinski definition) is 2. The van der Waals surface area contributed by atoms with Gasteiger partial charge in [-0.2, -0.15) is 0 Å². The van der Waals surface area contributed by atoms with E-state index >= 15 is 0 Å². The Hall–Kier alpha value is -2.09. The Labute approximate surface area is 172 Å². The Kier molecular flexibility index (Phi) is 7.09. The van der Waals surface area contributed by atoms with Crippen LogP contribution in [0, 0.1) is 19.8 Å². The maximum absolute atomic E-state index is 12.6. The molecular weight excluding hydrogens is 398 g/mol. The monoisotopic (exact) mass is 423 g/mol. The van der Waals surface area contributed by atoms with Crippen LogP contribution in [0.3, 0.4) is 0 Å². The molecule has 152 valence electrons. The van der Waals surface area contributed by atoms with Crippen molar-refractivity contribution in [2.45, 2.75) is 25.2 Å². The molecule has 1 fully saturated rings. The summed E-state index contributed by atoms with van der Waals surface area (Å²) in [5, 5.41) is 0. The first-order chi connectivity index (χ1) is 12.8. The van der Waals surface area contributed by atoms with Crippen LogP contribution in [0.4, 0.5) is 5.69 Å². The van der Waals surface area contributed by atoms with Crippen molar-refractivity contribution in [3.8, 4) is 0 Å². The van der Waals surface area contributed by atoms with E-state index in [4.69, 9.17) is 5.73 Å². The van der Waals surface area contributed by atoms with Gasteiger partial charge in [0.25, 0.3) is 15.9 Å². The molecule has 0 aromatic heterocycles. The van der Waals surface area contributed by atoms with Gasteiger partial charge in [0.2, 0.25) is 0 Å². The molecule has 0 radical (unpaired) electrons. The highest BCUT2D eigenvalue weighted by Crippen LogP contribution is 2.21. The second-order valence-corrected chi connectivity index (χ2v) is 8.75. The maximum Gasteiger partial charge on any atom is 0.261 e. The van der Waals surface area contributed by atoms with E-state index in [1.165, 1.54) is 0 Å². The first-order valence-corrected chi connectivity index (χ1v) is 10.5. The second-order valence-electron chi connectivity index (χ2n) is 7.07. The second kappa shape index (κ2) is 8.94. The highest BCUT2D eigenvalue weighted by Gasteiger charge is 2.26. The minimum absolute atomic E-state index is 0.